The van der Waals surface area contributed by atoms with Crippen LogP contribution in [0.3, 0.4) is 0 Å². The van der Waals surface area contributed by atoms with Crippen LogP contribution in [0, 0.1) is 0 Å². The zero-order valence-electron chi connectivity index (χ0n) is 9.65. The van der Waals surface area contributed by atoms with Crippen molar-refractivity contribution < 1.29 is 13.9 Å². The molecule has 0 amide bonds. The molecule has 0 radical (unpaired) electrons. The maximum atomic E-state index is 9.19. The minimum atomic E-state index is -1.69. The van der Waals surface area contributed by atoms with Gasteiger partial charge in [0.25, 0.3) is 0 Å². The maximum Gasteiger partial charge on any atom is 0.330 e. The second kappa shape index (κ2) is 12.1. The second-order valence-electron chi connectivity index (χ2n) is 3.42. The molecule has 3 nitrogen and oxygen atoms in total. The largest absolute Gasteiger partial charge is 0.330 e. The van der Waals surface area contributed by atoms with Gasteiger partial charge in [-0.2, -0.15) is 0 Å². The van der Waals surface area contributed by atoms with Crippen molar-refractivity contribution in [2.75, 3.05) is 13.2 Å². The lowest BCUT2D eigenvalue weighted by Gasteiger charge is -2.08. The molecule has 90 valence electrons. The molecule has 0 aromatic rings. The molecule has 0 bridgehead atoms. The van der Waals surface area contributed by atoms with E-state index in [1.54, 1.807) is 6.08 Å². The van der Waals surface area contributed by atoms with Gasteiger partial charge in [0.05, 0.1) is 13.2 Å². The van der Waals surface area contributed by atoms with Gasteiger partial charge in [-0.25, -0.2) is 0 Å². The van der Waals surface area contributed by atoms with Crippen molar-refractivity contribution in [3.63, 3.8) is 0 Å². The van der Waals surface area contributed by atoms with Crippen molar-refractivity contribution in [2.45, 2.75) is 45.4 Å². The molecule has 0 rings (SSSR count). The third-order valence-corrected chi connectivity index (χ3v) is 2.78. The summed E-state index contributed by atoms with van der Waals surface area (Å²) in [5.41, 5.74) is 0. The van der Waals surface area contributed by atoms with Gasteiger partial charge in [0.2, 0.25) is 0 Å². The summed E-state index contributed by atoms with van der Waals surface area (Å²) in [5.74, 6) is 0. The normalized spacial score (nSPS) is 12.7. The van der Waals surface area contributed by atoms with Crippen LogP contribution in [0.15, 0.2) is 12.7 Å². The van der Waals surface area contributed by atoms with Gasteiger partial charge in [0.15, 0.2) is 0 Å². The van der Waals surface area contributed by atoms with Gasteiger partial charge in [0, 0.05) is 0 Å². The molecule has 0 aromatic heterocycles. The second-order valence-corrected chi connectivity index (χ2v) is 4.42. The molecular weight excluding hydrogens is 211 g/mol. The zero-order chi connectivity index (χ0) is 11.4. The molecule has 0 fully saturated rings. The van der Waals surface area contributed by atoms with Crippen LogP contribution in [-0.2, 0) is 9.05 Å². The fourth-order valence-corrected chi connectivity index (χ4v) is 1.77. The Morgan fingerprint density at radius 2 is 1.80 bits per heavy atom. The Hall–Kier alpha value is 0.0500. The fraction of sp³-hybridized carbons (Fsp3) is 0.818. The smallest absolute Gasteiger partial charge is 0.328 e. The molecule has 0 aliphatic carbocycles. The van der Waals surface area contributed by atoms with Crippen molar-refractivity contribution in [2.24, 2.45) is 0 Å². The topological polar surface area (TPSA) is 38.7 Å². The van der Waals surface area contributed by atoms with Gasteiger partial charge < -0.3 is 13.9 Å². The van der Waals surface area contributed by atoms with Gasteiger partial charge >= 0.3 is 8.60 Å². The standard InChI is InChI=1S/C11H23O3P/c1-3-5-6-7-8-9-11-14-15(12)13-10-4-2/h4,12H,2-3,5-11H2,1H3. The Labute approximate surface area is 94.5 Å². The summed E-state index contributed by atoms with van der Waals surface area (Å²) < 4.78 is 10.0. The molecule has 0 heterocycles. The van der Waals surface area contributed by atoms with Crippen LogP contribution in [0.2, 0.25) is 0 Å². The predicted molar refractivity (Wildman–Crippen MR) is 64.6 cm³/mol. The van der Waals surface area contributed by atoms with Crippen LogP contribution in [0.1, 0.15) is 45.4 Å². The van der Waals surface area contributed by atoms with E-state index < -0.39 is 8.60 Å². The first-order valence-corrected chi connectivity index (χ1v) is 6.80. The van der Waals surface area contributed by atoms with Gasteiger partial charge in [-0.15, -0.1) is 6.58 Å². The van der Waals surface area contributed by atoms with Gasteiger partial charge in [0.1, 0.15) is 0 Å². The van der Waals surface area contributed by atoms with Crippen LogP contribution >= 0.6 is 8.60 Å². The van der Waals surface area contributed by atoms with Crippen LogP contribution in [0.4, 0.5) is 0 Å². The minimum Gasteiger partial charge on any atom is -0.328 e. The van der Waals surface area contributed by atoms with E-state index in [9.17, 15) is 4.89 Å². The summed E-state index contributed by atoms with van der Waals surface area (Å²) >= 11 is 0. The Bertz CT molecular complexity index is 142. The summed E-state index contributed by atoms with van der Waals surface area (Å²) in [7, 11) is -1.69. The van der Waals surface area contributed by atoms with Crippen LogP contribution in [0.25, 0.3) is 0 Å². The molecule has 4 heteroatoms. The third kappa shape index (κ3) is 12.0. The van der Waals surface area contributed by atoms with E-state index in [4.69, 9.17) is 9.05 Å². The highest BCUT2D eigenvalue weighted by molar-refractivity contribution is 7.40. The summed E-state index contributed by atoms with van der Waals surface area (Å²) in [6.07, 6.45) is 8.92. The fourth-order valence-electron chi connectivity index (χ4n) is 1.18. The zero-order valence-corrected chi connectivity index (χ0v) is 10.5. The lowest BCUT2D eigenvalue weighted by molar-refractivity contribution is 0.211. The molecule has 1 N–H and O–H groups in total. The van der Waals surface area contributed by atoms with Crippen molar-refractivity contribution in [1.29, 1.82) is 0 Å². The molecular formula is C11H23O3P. The van der Waals surface area contributed by atoms with E-state index >= 15 is 0 Å². The molecule has 15 heavy (non-hydrogen) atoms. The molecule has 0 saturated heterocycles. The Balaban J connectivity index is 3.05. The third-order valence-electron chi connectivity index (χ3n) is 2.00. The van der Waals surface area contributed by atoms with E-state index in [-0.39, 0.29) is 0 Å². The van der Waals surface area contributed by atoms with Crippen molar-refractivity contribution in [3.05, 3.63) is 12.7 Å². The Morgan fingerprint density at radius 3 is 2.47 bits per heavy atom. The molecule has 0 aromatic carbocycles. The van der Waals surface area contributed by atoms with Gasteiger partial charge in [-0.1, -0.05) is 45.1 Å². The van der Waals surface area contributed by atoms with E-state index in [1.165, 1.54) is 32.1 Å². The maximum absolute atomic E-state index is 9.19. The molecule has 0 spiro atoms. The monoisotopic (exact) mass is 234 g/mol. The summed E-state index contributed by atoms with van der Waals surface area (Å²) in [5, 5.41) is 0. The summed E-state index contributed by atoms with van der Waals surface area (Å²) in [6.45, 7) is 6.63. The molecule has 0 aliphatic heterocycles. The minimum absolute atomic E-state index is 0.346. The lowest BCUT2D eigenvalue weighted by Crippen LogP contribution is -1.93. The first-order chi connectivity index (χ1) is 7.31. The predicted octanol–water partition coefficient (Wildman–Crippen LogP) is 3.79. The number of hydrogen-bond donors (Lipinski definition) is 1. The average molecular weight is 234 g/mol. The molecule has 0 saturated carbocycles. The van der Waals surface area contributed by atoms with Crippen LogP contribution in [-0.4, -0.2) is 18.1 Å². The highest BCUT2D eigenvalue weighted by Gasteiger charge is 2.03. The highest BCUT2D eigenvalue weighted by Crippen LogP contribution is 2.32. The van der Waals surface area contributed by atoms with Gasteiger partial charge in [-0.3, -0.25) is 0 Å². The lowest BCUT2D eigenvalue weighted by atomic mass is 10.1. The summed E-state index contributed by atoms with van der Waals surface area (Å²) in [4.78, 5) is 9.19. The summed E-state index contributed by atoms with van der Waals surface area (Å²) in [6, 6.07) is 0. The Morgan fingerprint density at radius 1 is 1.13 bits per heavy atom. The SMILES string of the molecule is C=CCOP(O)OCCCCCCCC. The van der Waals surface area contributed by atoms with Crippen LogP contribution < -0.4 is 0 Å². The van der Waals surface area contributed by atoms with Gasteiger partial charge in [-0.05, 0) is 6.42 Å². The van der Waals surface area contributed by atoms with Crippen LogP contribution in [0.5, 0.6) is 0 Å². The molecule has 1 unspecified atom stereocenters. The van der Waals surface area contributed by atoms with Crippen molar-refractivity contribution >= 4 is 8.60 Å². The van der Waals surface area contributed by atoms with E-state index in [1.807, 2.05) is 0 Å². The van der Waals surface area contributed by atoms with Crippen molar-refractivity contribution in [1.82, 2.24) is 0 Å². The number of rotatable bonds is 11. The van der Waals surface area contributed by atoms with E-state index in [2.05, 4.69) is 13.5 Å². The highest BCUT2D eigenvalue weighted by atomic mass is 31.2. The quantitative estimate of drug-likeness (QED) is 0.336. The van der Waals surface area contributed by atoms with E-state index in [0.717, 1.165) is 6.42 Å². The molecule has 1 atom stereocenters. The average Bonchev–Trinajstić information content (AvgIpc) is 2.25. The first kappa shape index (κ1) is 15.0. The Kier molecular flexibility index (Phi) is 12.2. The number of unbranched alkanes of at least 4 members (excludes halogenated alkanes) is 5. The number of hydrogen-bond acceptors (Lipinski definition) is 3. The van der Waals surface area contributed by atoms with Crippen molar-refractivity contribution in [3.8, 4) is 0 Å². The van der Waals surface area contributed by atoms with E-state index in [0.29, 0.717) is 13.2 Å². The molecule has 0 aliphatic rings. The first-order valence-electron chi connectivity index (χ1n) is 5.67.